The number of hydrogen-bond acceptors (Lipinski definition) is 4. The maximum Gasteiger partial charge on any atom is 0.346 e. The molecule has 0 atom stereocenters. The van der Waals surface area contributed by atoms with Crippen LogP contribution in [0.15, 0.2) is 54.6 Å². The van der Waals surface area contributed by atoms with E-state index in [2.05, 4.69) is 4.74 Å². The monoisotopic (exact) mass is 242 g/mol. The molecule has 2 aromatic carbocycles. The van der Waals surface area contributed by atoms with Gasteiger partial charge in [0.2, 0.25) is 0 Å². The van der Waals surface area contributed by atoms with Crippen LogP contribution in [0.3, 0.4) is 0 Å². The second kappa shape index (κ2) is 5.14. The molecular weight excluding hydrogens is 232 g/mol. The summed E-state index contributed by atoms with van der Waals surface area (Å²) in [5, 5.41) is 8.63. The Morgan fingerprint density at radius 1 is 0.722 bits per heavy atom. The minimum absolute atomic E-state index is 0.322. The molecule has 0 spiro atoms. The number of rotatable bonds is 0. The molecule has 1 N–H and O–H groups in total. The van der Waals surface area contributed by atoms with E-state index in [-0.39, 0.29) is 0 Å². The second-order valence-electron chi connectivity index (χ2n) is 3.56. The van der Waals surface area contributed by atoms with Crippen molar-refractivity contribution in [1.29, 1.82) is 0 Å². The molecule has 0 fully saturated rings. The molecule has 4 nitrogen and oxygen atoms in total. The van der Waals surface area contributed by atoms with Crippen LogP contribution in [0.25, 0.3) is 0 Å². The van der Waals surface area contributed by atoms with Crippen LogP contribution < -0.4 is 0 Å². The molecule has 4 heteroatoms. The van der Waals surface area contributed by atoms with Gasteiger partial charge in [0.15, 0.2) is 0 Å². The molecule has 0 aromatic heterocycles. The van der Waals surface area contributed by atoms with E-state index in [1.807, 2.05) is 6.07 Å². The number of carbonyl (C=O) groups excluding carboxylic acids is 2. The van der Waals surface area contributed by atoms with Crippen molar-refractivity contribution in [3.05, 3.63) is 65.7 Å². The van der Waals surface area contributed by atoms with Crippen LogP contribution in [0.4, 0.5) is 0 Å². The van der Waals surface area contributed by atoms with Gasteiger partial charge in [-0.3, -0.25) is 0 Å². The summed E-state index contributed by atoms with van der Waals surface area (Å²) in [6.07, 6.45) is 0. The summed E-state index contributed by atoms with van der Waals surface area (Å²) in [6.45, 7) is 0. The van der Waals surface area contributed by atoms with Crippen molar-refractivity contribution in [1.82, 2.24) is 0 Å². The summed E-state index contributed by atoms with van der Waals surface area (Å²) in [4.78, 5) is 21.7. The van der Waals surface area contributed by atoms with E-state index < -0.39 is 11.9 Å². The fourth-order valence-electron chi connectivity index (χ4n) is 1.46. The van der Waals surface area contributed by atoms with E-state index >= 15 is 0 Å². The van der Waals surface area contributed by atoms with E-state index in [0.717, 1.165) is 0 Å². The van der Waals surface area contributed by atoms with Gasteiger partial charge in [-0.15, -0.1) is 0 Å². The highest BCUT2D eigenvalue weighted by molar-refractivity contribution is 6.14. The first-order valence-electron chi connectivity index (χ1n) is 5.28. The first-order valence-corrected chi connectivity index (χ1v) is 5.28. The standard InChI is InChI=1S/C8H4O3.C6H6O/c9-7-5-3-1-2-4-6(5)8(10)11-7;7-6-4-2-1-3-5-6/h1-4H;1-5,7H. The summed E-state index contributed by atoms with van der Waals surface area (Å²) in [5.74, 6) is -0.779. The zero-order chi connectivity index (χ0) is 13.0. The van der Waals surface area contributed by atoms with E-state index in [4.69, 9.17) is 5.11 Å². The molecule has 0 bridgehead atoms. The van der Waals surface area contributed by atoms with Crippen LogP contribution in [0.5, 0.6) is 5.75 Å². The number of carbonyl (C=O) groups is 2. The number of aromatic hydroxyl groups is 1. The third kappa shape index (κ3) is 2.55. The lowest BCUT2D eigenvalue weighted by Gasteiger charge is -1.86. The van der Waals surface area contributed by atoms with Crippen LogP contribution in [0.2, 0.25) is 0 Å². The average molecular weight is 242 g/mol. The lowest BCUT2D eigenvalue weighted by Crippen LogP contribution is -1.96. The molecule has 0 saturated carbocycles. The number of fused-ring (bicyclic) bond motifs is 1. The highest BCUT2D eigenvalue weighted by Gasteiger charge is 2.28. The maximum absolute atomic E-state index is 10.8. The third-order valence-corrected chi connectivity index (χ3v) is 2.31. The van der Waals surface area contributed by atoms with Gasteiger partial charge < -0.3 is 9.84 Å². The SMILES string of the molecule is O=C1OC(=O)c2ccccc21.Oc1ccccc1. The number of hydrogen-bond donors (Lipinski definition) is 1. The van der Waals surface area contributed by atoms with Gasteiger partial charge in [-0.2, -0.15) is 0 Å². The van der Waals surface area contributed by atoms with Crippen LogP contribution >= 0.6 is 0 Å². The molecule has 2 aromatic rings. The van der Waals surface area contributed by atoms with E-state index in [1.165, 1.54) is 0 Å². The van der Waals surface area contributed by atoms with Gasteiger partial charge in [-0.25, -0.2) is 9.59 Å². The first-order chi connectivity index (χ1) is 8.68. The van der Waals surface area contributed by atoms with Gasteiger partial charge in [0.05, 0.1) is 11.1 Å². The van der Waals surface area contributed by atoms with Crippen LogP contribution in [0, 0.1) is 0 Å². The Morgan fingerprint density at radius 3 is 1.56 bits per heavy atom. The molecule has 1 heterocycles. The van der Waals surface area contributed by atoms with Gasteiger partial charge in [0.1, 0.15) is 5.75 Å². The molecule has 1 aliphatic rings. The summed E-state index contributed by atoms with van der Waals surface area (Å²) in [6, 6.07) is 15.2. The maximum atomic E-state index is 10.8. The van der Waals surface area contributed by atoms with Gasteiger partial charge in [-0.1, -0.05) is 30.3 Å². The Labute approximate surface area is 103 Å². The molecule has 0 unspecified atom stereocenters. The minimum atomic E-state index is -0.550. The zero-order valence-electron chi connectivity index (χ0n) is 9.37. The second-order valence-corrected chi connectivity index (χ2v) is 3.56. The van der Waals surface area contributed by atoms with Gasteiger partial charge in [-0.05, 0) is 24.3 Å². The number of cyclic esters (lactones) is 2. The first kappa shape index (κ1) is 11.9. The predicted molar refractivity (Wildman–Crippen MR) is 64.3 cm³/mol. The lowest BCUT2D eigenvalue weighted by molar-refractivity contribution is 0.0444. The molecule has 0 amide bonds. The van der Waals surface area contributed by atoms with Gasteiger partial charge in [0.25, 0.3) is 0 Å². The number of phenolic OH excluding ortho intramolecular Hbond substituents is 1. The van der Waals surface area contributed by atoms with Crippen molar-refractivity contribution in [2.45, 2.75) is 0 Å². The Hall–Kier alpha value is -2.62. The largest absolute Gasteiger partial charge is 0.508 e. The smallest absolute Gasteiger partial charge is 0.346 e. The molecule has 0 radical (unpaired) electrons. The van der Waals surface area contributed by atoms with Crippen LogP contribution in [-0.2, 0) is 4.74 Å². The summed E-state index contributed by atoms with van der Waals surface area (Å²) >= 11 is 0. The molecule has 3 rings (SSSR count). The average Bonchev–Trinajstić information content (AvgIpc) is 2.68. The number of para-hydroxylation sites is 1. The zero-order valence-corrected chi connectivity index (χ0v) is 9.37. The molecule has 18 heavy (non-hydrogen) atoms. The topological polar surface area (TPSA) is 63.6 Å². The quantitative estimate of drug-likeness (QED) is 0.569. The van der Waals surface area contributed by atoms with E-state index in [1.54, 1.807) is 48.5 Å². The Balaban J connectivity index is 0.000000149. The molecule has 0 aliphatic carbocycles. The van der Waals surface area contributed by atoms with Crippen molar-refractivity contribution in [2.24, 2.45) is 0 Å². The molecule has 90 valence electrons. The van der Waals surface area contributed by atoms with Crippen molar-refractivity contribution < 1.29 is 19.4 Å². The molecule has 0 saturated heterocycles. The summed E-state index contributed by atoms with van der Waals surface area (Å²) in [5.41, 5.74) is 0.718. The third-order valence-electron chi connectivity index (χ3n) is 2.31. The Morgan fingerprint density at radius 2 is 1.17 bits per heavy atom. The highest BCUT2D eigenvalue weighted by atomic mass is 16.6. The fraction of sp³-hybridized carbons (Fsp3) is 0. The Kier molecular flexibility index (Phi) is 3.38. The summed E-state index contributed by atoms with van der Waals surface area (Å²) in [7, 11) is 0. The van der Waals surface area contributed by atoms with Crippen molar-refractivity contribution in [3.63, 3.8) is 0 Å². The Bertz CT molecular complexity index is 542. The van der Waals surface area contributed by atoms with Crippen LogP contribution in [0.1, 0.15) is 20.7 Å². The van der Waals surface area contributed by atoms with Crippen LogP contribution in [-0.4, -0.2) is 17.0 Å². The number of benzene rings is 2. The van der Waals surface area contributed by atoms with Gasteiger partial charge >= 0.3 is 11.9 Å². The van der Waals surface area contributed by atoms with Crippen molar-refractivity contribution in [2.75, 3.05) is 0 Å². The molecule has 1 aliphatic heterocycles. The normalized spacial score (nSPS) is 12.2. The van der Waals surface area contributed by atoms with Crippen molar-refractivity contribution in [3.8, 4) is 5.75 Å². The lowest BCUT2D eigenvalue weighted by atomic mass is 10.1. The van der Waals surface area contributed by atoms with E-state index in [0.29, 0.717) is 16.9 Å². The van der Waals surface area contributed by atoms with E-state index in [9.17, 15) is 9.59 Å². The van der Waals surface area contributed by atoms with Gasteiger partial charge in [0, 0.05) is 0 Å². The number of esters is 2. The van der Waals surface area contributed by atoms with Crippen molar-refractivity contribution >= 4 is 11.9 Å². The summed E-state index contributed by atoms with van der Waals surface area (Å²) < 4.78 is 4.35. The number of phenols is 1. The minimum Gasteiger partial charge on any atom is -0.508 e. The molecular formula is C14H10O4. The number of ether oxygens (including phenoxy) is 1. The fourth-order valence-corrected chi connectivity index (χ4v) is 1.46. The predicted octanol–water partition coefficient (Wildman–Crippen LogP) is 2.39. The highest BCUT2D eigenvalue weighted by Crippen LogP contribution is 2.18.